The molecule has 0 amide bonds. The number of esters is 1. The number of nitro groups is 1. The van der Waals surface area contributed by atoms with E-state index in [1.54, 1.807) is 43.3 Å². The highest BCUT2D eigenvalue weighted by Gasteiger charge is 2.26. The van der Waals surface area contributed by atoms with Crippen molar-refractivity contribution in [1.82, 2.24) is 9.97 Å². The van der Waals surface area contributed by atoms with Gasteiger partial charge >= 0.3 is 17.5 Å². The predicted molar refractivity (Wildman–Crippen MR) is 115 cm³/mol. The van der Waals surface area contributed by atoms with Crippen LogP contribution in [-0.2, 0) is 4.74 Å². The number of hydrogen-bond donors (Lipinski definition) is 1. The second kappa shape index (κ2) is 9.66. The maximum Gasteiger partial charge on any atom is 0.373 e. The summed E-state index contributed by atoms with van der Waals surface area (Å²) in [5.74, 6) is -0.121. The Kier molecular flexibility index (Phi) is 6.76. The normalized spacial score (nSPS) is 10.6. The predicted octanol–water partition coefficient (Wildman–Crippen LogP) is 5.22. The van der Waals surface area contributed by atoms with Gasteiger partial charge < -0.3 is 14.8 Å². The summed E-state index contributed by atoms with van der Waals surface area (Å²) in [6, 6.07) is 13.7. The van der Waals surface area contributed by atoms with Crippen LogP contribution in [0.2, 0.25) is 0 Å². The quantitative estimate of drug-likeness (QED) is 0.298. The summed E-state index contributed by atoms with van der Waals surface area (Å²) < 4.78 is 10.7. The molecule has 2 aromatic carbocycles. The Morgan fingerprint density at radius 1 is 1.13 bits per heavy atom. The Balaban J connectivity index is 1.95. The highest BCUT2D eigenvalue weighted by molar-refractivity contribution is 5.96. The molecule has 1 heterocycles. The number of ether oxygens (including phenoxy) is 2. The van der Waals surface area contributed by atoms with Gasteiger partial charge in [-0.2, -0.15) is 4.98 Å². The third kappa shape index (κ3) is 5.13. The lowest BCUT2D eigenvalue weighted by Crippen LogP contribution is -2.09. The van der Waals surface area contributed by atoms with Crippen LogP contribution in [0.5, 0.6) is 11.6 Å². The van der Waals surface area contributed by atoms with Gasteiger partial charge in [-0.1, -0.05) is 38.1 Å². The first-order chi connectivity index (χ1) is 14.9. The molecule has 31 heavy (non-hydrogen) atoms. The van der Waals surface area contributed by atoms with E-state index in [-0.39, 0.29) is 23.9 Å². The summed E-state index contributed by atoms with van der Waals surface area (Å²) in [5, 5.41) is 14.6. The minimum Gasteiger partial charge on any atom is -0.462 e. The van der Waals surface area contributed by atoms with Crippen LogP contribution >= 0.6 is 0 Å². The number of benzene rings is 2. The topological polar surface area (TPSA) is 116 Å². The van der Waals surface area contributed by atoms with Crippen LogP contribution in [0.25, 0.3) is 0 Å². The van der Waals surface area contributed by atoms with E-state index in [0.29, 0.717) is 17.4 Å². The molecule has 9 heteroatoms. The number of rotatable bonds is 8. The van der Waals surface area contributed by atoms with Gasteiger partial charge in [0.05, 0.1) is 22.8 Å². The molecule has 0 atom stereocenters. The van der Waals surface area contributed by atoms with Gasteiger partial charge in [0, 0.05) is 0 Å². The summed E-state index contributed by atoms with van der Waals surface area (Å²) in [4.78, 5) is 31.3. The molecule has 3 rings (SSSR count). The van der Waals surface area contributed by atoms with Crippen molar-refractivity contribution in [2.75, 3.05) is 11.9 Å². The van der Waals surface area contributed by atoms with E-state index >= 15 is 0 Å². The van der Waals surface area contributed by atoms with E-state index in [1.165, 1.54) is 0 Å². The van der Waals surface area contributed by atoms with E-state index in [4.69, 9.17) is 9.47 Å². The molecule has 1 N–H and O–H groups in total. The maximum atomic E-state index is 12.2. The Bertz CT molecular complexity index is 1080. The average Bonchev–Trinajstić information content (AvgIpc) is 2.74. The van der Waals surface area contributed by atoms with Crippen LogP contribution < -0.4 is 10.1 Å². The van der Waals surface area contributed by atoms with Crippen molar-refractivity contribution < 1.29 is 19.2 Å². The Hall–Kier alpha value is -4.01. The van der Waals surface area contributed by atoms with Gasteiger partial charge in [-0.05, 0) is 42.7 Å². The summed E-state index contributed by atoms with van der Waals surface area (Å²) in [7, 11) is 0. The Labute approximate surface area is 179 Å². The fraction of sp³-hybridized carbons (Fsp3) is 0.227. The minimum atomic E-state index is -0.632. The van der Waals surface area contributed by atoms with E-state index in [2.05, 4.69) is 29.1 Å². The smallest absolute Gasteiger partial charge is 0.373 e. The second-order valence-electron chi connectivity index (χ2n) is 6.85. The number of anilines is 2. The fourth-order valence-corrected chi connectivity index (χ4v) is 2.83. The molecular weight excluding hydrogens is 400 g/mol. The summed E-state index contributed by atoms with van der Waals surface area (Å²) >= 11 is 0. The lowest BCUT2D eigenvalue weighted by molar-refractivity contribution is -0.385. The molecule has 3 aromatic rings. The maximum absolute atomic E-state index is 12.2. The highest BCUT2D eigenvalue weighted by Crippen LogP contribution is 2.36. The minimum absolute atomic E-state index is 0.106. The summed E-state index contributed by atoms with van der Waals surface area (Å²) in [5.41, 5.74) is 1.20. The molecule has 9 nitrogen and oxygen atoms in total. The first kappa shape index (κ1) is 21.7. The van der Waals surface area contributed by atoms with Crippen molar-refractivity contribution >= 4 is 23.2 Å². The number of nitrogens with zero attached hydrogens (tertiary/aromatic N) is 3. The van der Waals surface area contributed by atoms with E-state index in [0.717, 1.165) is 11.9 Å². The van der Waals surface area contributed by atoms with Crippen LogP contribution in [-0.4, -0.2) is 27.5 Å². The average molecular weight is 422 g/mol. The summed E-state index contributed by atoms with van der Waals surface area (Å²) in [6.45, 7) is 6.03. The number of nitrogens with one attached hydrogen (secondary N) is 1. The van der Waals surface area contributed by atoms with Crippen molar-refractivity contribution in [3.63, 3.8) is 0 Å². The van der Waals surface area contributed by atoms with Crippen LogP contribution in [0.4, 0.5) is 17.2 Å². The molecule has 0 saturated carbocycles. The SMILES string of the molecule is CCOC(=O)c1ccccc1Nc1ncnc(Oc2ccc(C(C)C)cc2)c1[N+](=O)[O-]. The number of carbonyl (C=O) groups excluding carboxylic acids is 1. The lowest BCUT2D eigenvalue weighted by atomic mass is 10.0. The summed E-state index contributed by atoms with van der Waals surface area (Å²) in [6.07, 6.45) is 1.15. The van der Waals surface area contributed by atoms with Crippen molar-refractivity contribution in [2.24, 2.45) is 0 Å². The van der Waals surface area contributed by atoms with Crippen molar-refractivity contribution in [3.8, 4) is 11.6 Å². The number of carbonyl (C=O) groups is 1. The first-order valence-electron chi connectivity index (χ1n) is 9.71. The third-order valence-corrected chi connectivity index (χ3v) is 4.41. The van der Waals surface area contributed by atoms with Crippen LogP contribution in [0, 0.1) is 10.1 Å². The fourth-order valence-electron chi connectivity index (χ4n) is 2.83. The highest BCUT2D eigenvalue weighted by atomic mass is 16.6. The molecule has 0 aliphatic rings. The van der Waals surface area contributed by atoms with Gasteiger partial charge in [0.1, 0.15) is 12.1 Å². The monoisotopic (exact) mass is 422 g/mol. The molecule has 0 fully saturated rings. The molecule has 1 aromatic heterocycles. The second-order valence-corrected chi connectivity index (χ2v) is 6.85. The van der Waals surface area contributed by atoms with Gasteiger partial charge in [0.2, 0.25) is 5.82 Å². The number of para-hydroxylation sites is 1. The molecule has 160 valence electrons. The molecule has 0 bridgehead atoms. The number of hydrogen-bond acceptors (Lipinski definition) is 8. The van der Waals surface area contributed by atoms with Crippen LogP contribution in [0.15, 0.2) is 54.9 Å². The number of aromatic nitrogens is 2. The molecule has 0 spiro atoms. The van der Waals surface area contributed by atoms with Gasteiger partial charge in [0.15, 0.2) is 0 Å². The van der Waals surface area contributed by atoms with Gasteiger partial charge in [-0.15, -0.1) is 0 Å². The molecule has 0 saturated heterocycles. The Morgan fingerprint density at radius 3 is 2.48 bits per heavy atom. The van der Waals surface area contributed by atoms with Gasteiger partial charge in [-0.3, -0.25) is 10.1 Å². The molecule has 0 aliphatic heterocycles. The van der Waals surface area contributed by atoms with Gasteiger partial charge in [-0.25, -0.2) is 9.78 Å². The van der Waals surface area contributed by atoms with Crippen LogP contribution in [0.3, 0.4) is 0 Å². The van der Waals surface area contributed by atoms with Crippen molar-refractivity contribution in [1.29, 1.82) is 0 Å². The zero-order valence-corrected chi connectivity index (χ0v) is 17.4. The van der Waals surface area contributed by atoms with Crippen molar-refractivity contribution in [3.05, 3.63) is 76.1 Å². The van der Waals surface area contributed by atoms with E-state index in [9.17, 15) is 14.9 Å². The van der Waals surface area contributed by atoms with Crippen molar-refractivity contribution in [2.45, 2.75) is 26.7 Å². The van der Waals surface area contributed by atoms with E-state index < -0.39 is 16.6 Å². The standard InChI is InChI=1S/C22H22N4O5/c1-4-30-22(27)17-7-5-6-8-18(17)25-20-19(26(28)29)21(24-13-23-20)31-16-11-9-15(10-12-16)14(2)3/h5-14H,4H2,1-3H3,(H,23,24,25). The largest absolute Gasteiger partial charge is 0.462 e. The zero-order chi connectivity index (χ0) is 22.4. The Morgan fingerprint density at radius 2 is 1.84 bits per heavy atom. The molecule has 0 radical (unpaired) electrons. The first-order valence-corrected chi connectivity index (χ1v) is 9.71. The van der Waals surface area contributed by atoms with Gasteiger partial charge in [0.25, 0.3) is 0 Å². The third-order valence-electron chi connectivity index (χ3n) is 4.41. The van der Waals surface area contributed by atoms with Crippen LogP contribution in [0.1, 0.15) is 42.6 Å². The molecule has 0 aliphatic carbocycles. The zero-order valence-electron chi connectivity index (χ0n) is 17.4. The molecular formula is C22H22N4O5. The molecule has 0 unspecified atom stereocenters. The lowest BCUT2D eigenvalue weighted by Gasteiger charge is -2.12. The van der Waals surface area contributed by atoms with E-state index in [1.807, 2.05) is 12.1 Å².